The summed E-state index contributed by atoms with van der Waals surface area (Å²) in [6.45, 7) is 2.06. The normalized spacial score (nSPS) is 15.9. The van der Waals surface area contributed by atoms with Gasteiger partial charge in [0.2, 0.25) is 0 Å². The van der Waals surface area contributed by atoms with Crippen molar-refractivity contribution in [1.29, 1.82) is 0 Å². The molecule has 0 radical (unpaired) electrons. The number of halogens is 2. The van der Waals surface area contributed by atoms with Gasteiger partial charge in [-0.1, -0.05) is 70.9 Å². The zero-order valence-corrected chi connectivity index (χ0v) is 20.2. The van der Waals surface area contributed by atoms with Crippen LogP contribution in [0.4, 0.5) is 0 Å². The lowest BCUT2D eigenvalue weighted by Crippen LogP contribution is -2.40. The second-order valence-electron chi connectivity index (χ2n) is 7.25. The van der Waals surface area contributed by atoms with Gasteiger partial charge in [-0.05, 0) is 36.3 Å². The fraction of sp³-hybridized carbons (Fsp3) is 0.208. The van der Waals surface area contributed by atoms with Crippen LogP contribution < -0.4 is 14.9 Å². The van der Waals surface area contributed by atoms with Crippen LogP contribution >= 0.6 is 34.5 Å². The maximum atomic E-state index is 13.6. The summed E-state index contributed by atoms with van der Waals surface area (Å²) in [7, 11) is 1.52. The lowest BCUT2D eigenvalue weighted by atomic mass is 9.96. The lowest BCUT2D eigenvalue weighted by molar-refractivity contribution is -0.140. The third-order valence-corrected chi connectivity index (χ3v) is 6.83. The topological polar surface area (TPSA) is 69.9 Å². The van der Waals surface area contributed by atoms with Crippen LogP contribution in [0.2, 0.25) is 10.0 Å². The number of carbonyl (C=O) groups is 1. The van der Waals surface area contributed by atoms with E-state index in [0.29, 0.717) is 36.2 Å². The zero-order valence-electron chi connectivity index (χ0n) is 17.9. The van der Waals surface area contributed by atoms with Crippen LogP contribution in [0.1, 0.15) is 24.1 Å². The fourth-order valence-electron chi connectivity index (χ4n) is 3.60. The van der Waals surface area contributed by atoms with Crippen molar-refractivity contribution in [3.63, 3.8) is 0 Å². The van der Waals surface area contributed by atoms with Crippen molar-refractivity contribution in [2.45, 2.75) is 13.0 Å². The Balaban J connectivity index is 1.92. The molecule has 3 aromatic rings. The molecule has 170 valence electrons. The Morgan fingerprint density at radius 2 is 1.82 bits per heavy atom. The Bertz CT molecular complexity index is 1420. The third-order valence-electron chi connectivity index (χ3n) is 5.15. The number of benzene rings is 2. The SMILES string of the molecule is COCCOC(=O)C1=C(C)N=c2s/c(=C\c3ccccc3Cl)c(=O)n2[C@@H]1c1ccccc1Cl. The molecular weight excluding hydrogens is 483 g/mol. The Kier molecular flexibility index (Phi) is 7.14. The standard InChI is InChI=1S/C24H20Cl2N2O4S/c1-14-20(23(30)32-12-11-31-2)21(16-8-4-6-10-18(16)26)28-22(29)19(33-24(28)27-14)13-15-7-3-5-9-17(15)25/h3-10,13,21H,11-12H2,1-2H3/b19-13-/t21-/m1/s1. The van der Waals surface area contributed by atoms with Gasteiger partial charge in [-0.2, -0.15) is 0 Å². The average molecular weight is 503 g/mol. The number of hydrogen-bond donors (Lipinski definition) is 0. The molecule has 1 aliphatic heterocycles. The monoisotopic (exact) mass is 502 g/mol. The number of methoxy groups -OCH3 is 1. The number of fused-ring (bicyclic) bond motifs is 1. The molecule has 0 spiro atoms. The number of hydrogen-bond acceptors (Lipinski definition) is 6. The second-order valence-corrected chi connectivity index (χ2v) is 9.08. The van der Waals surface area contributed by atoms with Gasteiger partial charge in [0.05, 0.1) is 22.4 Å². The molecule has 0 N–H and O–H groups in total. The molecule has 0 bridgehead atoms. The molecule has 33 heavy (non-hydrogen) atoms. The predicted octanol–water partition coefficient (Wildman–Crippen LogP) is 3.73. The van der Waals surface area contributed by atoms with E-state index in [4.69, 9.17) is 32.7 Å². The number of allylic oxidation sites excluding steroid dienone is 1. The first kappa shape index (κ1) is 23.4. The molecule has 0 aliphatic carbocycles. The highest BCUT2D eigenvalue weighted by Gasteiger charge is 2.34. The van der Waals surface area contributed by atoms with Crippen LogP contribution in [0, 0.1) is 0 Å². The first-order valence-electron chi connectivity index (χ1n) is 10.1. The Morgan fingerprint density at radius 3 is 2.52 bits per heavy atom. The largest absolute Gasteiger partial charge is 0.460 e. The van der Waals surface area contributed by atoms with E-state index in [9.17, 15) is 9.59 Å². The minimum atomic E-state index is -0.779. The van der Waals surface area contributed by atoms with Crippen LogP contribution in [0.3, 0.4) is 0 Å². The van der Waals surface area contributed by atoms with Crippen molar-refractivity contribution in [3.8, 4) is 0 Å². The van der Waals surface area contributed by atoms with E-state index in [-0.39, 0.29) is 24.3 Å². The summed E-state index contributed by atoms with van der Waals surface area (Å²) < 4.78 is 12.3. The highest BCUT2D eigenvalue weighted by Crippen LogP contribution is 2.34. The van der Waals surface area contributed by atoms with E-state index >= 15 is 0 Å². The van der Waals surface area contributed by atoms with Crippen molar-refractivity contribution in [3.05, 3.63) is 101 Å². The van der Waals surface area contributed by atoms with Crippen LogP contribution in [-0.2, 0) is 14.3 Å². The van der Waals surface area contributed by atoms with E-state index in [0.717, 1.165) is 0 Å². The van der Waals surface area contributed by atoms with Crippen molar-refractivity contribution in [1.82, 2.24) is 4.57 Å². The number of aromatic nitrogens is 1. The molecule has 0 saturated heterocycles. The molecule has 6 nitrogen and oxygen atoms in total. The predicted molar refractivity (Wildman–Crippen MR) is 130 cm³/mol. The summed E-state index contributed by atoms with van der Waals surface area (Å²) in [4.78, 5) is 31.7. The van der Waals surface area contributed by atoms with E-state index in [2.05, 4.69) is 4.99 Å². The molecule has 2 aromatic carbocycles. The quantitative estimate of drug-likeness (QED) is 0.380. The summed E-state index contributed by atoms with van der Waals surface area (Å²) >= 11 is 14.0. The van der Waals surface area contributed by atoms with Gasteiger partial charge in [-0.15, -0.1) is 0 Å². The molecule has 0 saturated carbocycles. The molecule has 1 atom stereocenters. The first-order valence-corrected chi connectivity index (χ1v) is 11.7. The van der Waals surface area contributed by atoms with Crippen molar-refractivity contribution < 1.29 is 14.3 Å². The zero-order chi connectivity index (χ0) is 23.5. The number of esters is 1. The van der Waals surface area contributed by atoms with Gasteiger partial charge in [0, 0.05) is 17.2 Å². The van der Waals surface area contributed by atoms with Gasteiger partial charge in [-0.25, -0.2) is 9.79 Å². The molecule has 1 aliphatic rings. The maximum absolute atomic E-state index is 13.6. The van der Waals surface area contributed by atoms with Crippen molar-refractivity contribution in [2.75, 3.05) is 20.3 Å². The van der Waals surface area contributed by atoms with E-state index in [1.807, 2.05) is 24.3 Å². The van der Waals surface area contributed by atoms with Crippen LogP contribution in [0.5, 0.6) is 0 Å². The summed E-state index contributed by atoms with van der Waals surface area (Å²) in [6.07, 6.45) is 1.73. The summed E-state index contributed by atoms with van der Waals surface area (Å²) in [5, 5.41) is 0.963. The van der Waals surface area contributed by atoms with Gasteiger partial charge >= 0.3 is 5.97 Å². The third kappa shape index (κ3) is 4.68. The number of thiazole rings is 1. The molecular formula is C24H20Cl2N2O4S. The highest BCUT2D eigenvalue weighted by molar-refractivity contribution is 7.07. The smallest absolute Gasteiger partial charge is 0.338 e. The Morgan fingerprint density at radius 1 is 1.12 bits per heavy atom. The van der Waals surface area contributed by atoms with Crippen LogP contribution in [-0.4, -0.2) is 30.9 Å². The molecule has 9 heteroatoms. The number of ether oxygens (including phenoxy) is 2. The summed E-state index contributed by atoms with van der Waals surface area (Å²) in [6, 6.07) is 13.6. The number of rotatable bonds is 6. The van der Waals surface area contributed by atoms with Gasteiger partial charge in [-0.3, -0.25) is 9.36 Å². The van der Waals surface area contributed by atoms with Gasteiger partial charge in [0.25, 0.3) is 5.56 Å². The minimum Gasteiger partial charge on any atom is -0.460 e. The summed E-state index contributed by atoms with van der Waals surface area (Å²) in [5.74, 6) is -0.571. The van der Waals surface area contributed by atoms with Crippen LogP contribution in [0.15, 0.2) is 69.6 Å². The van der Waals surface area contributed by atoms with Crippen molar-refractivity contribution in [2.24, 2.45) is 4.99 Å². The first-order chi connectivity index (χ1) is 15.9. The van der Waals surface area contributed by atoms with E-state index < -0.39 is 12.0 Å². The lowest BCUT2D eigenvalue weighted by Gasteiger charge is -2.25. The van der Waals surface area contributed by atoms with Crippen molar-refractivity contribution >= 4 is 46.6 Å². The highest BCUT2D eigenvalue weighted by atomic mass is 35.5. The fourth-order valence-corrected chi connectivity index (χ4v) is 5.07. The van der Waals surface area contributed by atoms with Crippen LogP contribution in [0.25, 0.3) is 6.08 Å². The molecule has 0 fully saturated rings. The molecule has 2 heterocycles. The number of carbonyl (C=O) groups excluding carboxylic acids is 1. The van der Waals surface area contributed by atoms with Gasteiger partial charge < -0.3 is 9.47 Å². The Hall–Kier alpha value is -2.71. The van der Waals surface area contributed by atoms with Gasteiger partial charge in [0.1, 0.15) is 12.6 Å². The Labute approximate surface area is 204 Å². The second kappa shape index (κ2) is 10.1. The average Bonchev–Trinajstić information content (AvgIpc) is 3.09. The van der Waals surface area contributed by atoms with E-state index in [1.54, 1.807) is 37.3 Å². The molecule has 0 unspecified atom stereocenters. The molecule has 4 rings (SSSR count). The molecule has 0 amide bonds. The van der Waals surface area contributed by atoms with Gasteiger partial charge in [0.15, 0.2) is 4.80 Å². The summed E-state index contributed by atoms with van der Waals surface area (Å²) in [5.41, 5.74) is 1.76. The minimum absolute atomic E-state index is 0.0816. The maximum Gasteiger partial charge on any atom is 0.338 e. The van der Waals surface area contributed by atoms with E-state index in [1.165, 1.54) is 23.0 Å². The molecule has 1 aromatic heterocycles. The number of nitrogens with zero attached hydrogens (tertiary/aromatic N) is 2.